The van der Waals surface area contributed by atoms with Gasteiger partial charge >= 0.3 is 0 Å². The van der Waals surface area contributed by atoms with Gasteiger partial charge in [-0.3, -0.25) is 4.90 Å². The highest BCUT2D eigenvalue weighted by molar-refractivity contribution is 4.97. The molecule has 0 aromatic carbocycles. The van der Waals surface area contributed by atoms with Crippen LogP contribution in [0.1, 0.15) is 57.8 Å². The summed E-state index contributed by atoms with van der Waals surface area (Å²) < 4.78 is 6.10. The van der Waals surface area contributed by atoms with Crippen molar-refractivity contribution in [1.29, 1.82) is 0 Å². The van der Waals surface area contributed by atoms with Gasteiger partial charge in [-0.2, -0.15) is 0 Å². The molecule has 1 N–H and O–H groups in total. The predicted molar refractivity (Wildman–Crippen MR) is 80.9 cm³/mol. The van der Waals surface area contributed by atoms with Gasteiger partial charge in [-0.15, -0.1) is 0 Å². The van der Waals surface area contributed by atoms with Crippen molar-refractivity contribution < 1.29 is 4.74 Å². The minimum absolute atomic E-state index is 0.560. The molecule has 3 heteroatoms. The highest BCUT2D eigenvalue weighted by Gasteiger charge is 2.44. The van der Waals surface area contributed by atoms with E-state index in [1.165, 1.54) is 77.4 Å². The zero-order valence-electron chi connectivity index (χ0n) is 12.7. The number of nitrogens with zero attached hydrogens (tertiary/aromatic N) is 1. The quantitative estimate of drug-likeness (QED) is 0.840. The normalized spacial score (nSPS) is 43.8. The zero-order valence-corrected chi connectivity index (χ0v) is 12.7. The van der Waals surface area contributed by atoms with Crippen LogP contribution in [-0.4, -0.2) is 48.8 Å². The summed E-state index contributed by atoms with van der Waals surface area (Å²) in [7, 11) is 0. The number of nitrogens with one attached hydrogen (secondary N) is 1. The summed E-state index contributed by atoms with van der Waals surface area (Å²) in [5, 5.41) is 3.87. The second kappa shape index (κ2) is 5.94. The third kappa shape index (κ3) is 2.65. The molecular weight excluding hydrogens is 248 g/mol. The second-order valence-electron chi connectivity index (χ2n) is 7.48. The van der Waals surface area contributed by atoms with Crippen LogP contribution >= 0.6 is 0 Å². The maximum atomic E-state index is 6.10. The molecule has 4 fully saturated rings. The molecule has 1 aliphatic carbocycles. The van der Waals surface area contributed by atoms with Crippen LogP contribution in [0.25, 0.3) is 0 Å². The summed E-state index contributed by atoms with van der Waals surface area (Å²) in [5.74, 6) is 0.934. The first-order valence-electron chi connectivity index (χ1n) is 9.03. The van der Waals surface area contributed by atoms with E-state index in [0.717, 1.165) is 18.0 Å². The molecule has 4 atom stereocenters. The second-order valence-corrected chi connectivity index (χ2v) is 7.48. The Morgan fingerprint density at radius 2 is 1.85 bits per heavy atom. The van der Waals surface area contributed by atoms with Crippen molar-refractivity contribution in [3.8, 4) is 0 Å². The molecule has 4 unspecified atom stereocenters. The molecule has 0 amide bonds. The molecule has 0 radical (unpaired) electrons. The molecule has 3 aliphatic heterocycles. The number of hydrogen-bond acceptors (Lipinski definition) is 3. The number of fused-ring (bicyclic) bond motifs is 2. The van der Waals surface area contributed by atoms with E-state index < -0.39 is 0 Å². The van der Waals surface area contributed by atoms with Crippen molar-refractivity contribution in [1.82, 2.24) is 10.2 Å². The van der Waals surface area contributed by atoms with Crippen LogP contribution in [0.15, 0.2) is 0 Å². The summed E-state index contributed by atoms with van der Waals surface area (Å²) in [6.07, 6.45) is 13.7. The van der Waals surface area contributed by atoms with Crippen LogP contribution in [0.3, 0.4) is 0 Å². The smallest absolute Gasteiger partial charge is 0.0735 e. The molecule has 3 saturated heterocycles. The third-order valence-corrected chi connectivity index (χ3v) is 6.22. The summed E-state index contributed by atoms with van der Waals surface area (Å²) in [6, 6.07) is 1.48. The Bertz CT molecular complexity index is 329. The summed E-state index contributed by atoms with van der Waals surface area (Å²) in [5.41, 5.74) is 0. The first-order valence-corrected chi connectivity index (χ1v) is 9.03. The van der Waals surface area contributed by atoms with E-state index in [-0.39, 0.29) is 0 Å². The van der Waals surface area contributed by atoms with Crippen LogP contribution < -0.4 is 5.32 Å². The van der Waals surface area contributed by atoms with Crippen molar-refractivity contribution in [3.63, 3.8) is 0 Å². The number of hydrogen-bond donors (Lipinski definition) is 1. The molecule has 0 aromatic rings. The van der Waals surface area contributed by atoms with Gasteiger partial charge in [0.25, 0.3) is 0 Å². The van der Waals surface area contributed by atoms with Crippen LogP contribution in [0, 0.1) is 5.92 Å². The Balaban J connectivity index is 1.41. The molecule has 3 nitrogen and oxygen atoms in total. The van der Waals surface area contributed by atoms with Gasteiger partial charge in [0.1, 0.15) is 0 Å². The van der Waals surface area contributed by atoms with Crippen molar-refractivity contribution in [2.45, 2.75) is 82.1 Å². The van der Waals surface area contributed by atoms with E-state index in [1.54, 1.807) is 0 Å². The Labute approximate surface area is 123 Å². The average molecular weight is 278 g/mol. The maximum absolute atomic E-state index is 6.10. The number of ether oxygens (including phenoxy) is 1. The zero-order chi connectivity index (χ0) is 13.4. The number of rotatable bonds is 2. The van der Waals surface area contributed by atoms with Gasteiger partial charge in [-0.1, -0.05) is 19.3 Å². The predicted octanol–water partition coefficient (Wildman–Crippen LogP) is 2.55. The molecule has 0 aromatic heterocycles. The van der Waals surface area contributed by atoms with Crippen LogP contribution in [0.4, 0.5) is 0 Å². The fraction of sp³-hybridized carbons (Fsp3) is 1.00. The lowest BCUT2D eigenvalue weighted by Crippen LogP contribution is -2.49. The minimum Gasteiger partial charge on any atom is -0.373 e. The lowest BCUT2D eigenvalue weighted by molar-refractivity contribution is 0.0657. The molecule has 2 bridgehead atoms. The molecule has 3 heterocycles. The standard InChI is InChI=1S/C17H30N2O/c1-2-5-13(6-3-1)15-12-19(10-4-9-18-15)16-11-14-7-8-17(16)20-14/h13-18H,1-12H2. The van der Waals surface area contributed by atoms with E-state index in [2.05, 4.69) is 10.2 Å². The monoisotopic (exact) mass is 278 g/mol. The van der Waals surface area contributed by atoms with E-state index >= 15 is 0 Å². The van der Waals surface area contributed by atoms with Gasteiger partial charge in [0, 0.05) is 18.6 Å². The largest absolute Gasteiger partial charge is 0.373 e. The molecule has 20 heavy (non-hydrogen) atoms. The Kier molecular flexibility index (Phi) is 4.02. The van der Waals surface area contributed by atoms with Gasteiger partial charge in [0.15, 0.2) is 0 Å². The molecule has 114 valence electrons. The Morgan fingerprint density at radius 3 is 2.60 bits per heavy atom. The Morgan fingerprint density at radius 1 is 0.950 bits per heavy atom. The van der Waals surface area contributed by atoms with Gasteiger partial charge in [0.05, 0.1) is 12.2 Å². The lowest BCUT2D eigenvalue weighted by Gasteiger charge is -2.37. The van der Waals surface area contributed by atoms with Gasteiger partial charge in [-0.05, 0) is 57.5 Å². The fourth-order valence-electron chi connectivity index (χ4n) is 5.13. The van der Waals surface area contributed by atoms with Crippen molar-refractivity contribution in [2.75, 3.05) is 19.6 Å². The van der Waals surface area contributed by atoms with E-state index in [1.807, 2.05) is 0 Å². The topological polar surface area (TPSA) is 24.5 Å². The van der Waals surface area contributed by atoms with Gasteiger partial charge in [-0.25, -0.2) is 0 Å². The summed E-state index contributed by atoms with van der Waals surface area (Å²) in [4.78, 5) is 2.79. The van der Waals surface area contributed by atoms with Crippen molar-refractivity contribution in [3.05, 3.63) is 0 Å². The molecule has 0 spiro atoms. The highest BCUT2D eigenvalue weighted by Crippen LogP contribution is 2.38. The first-order chi connectivity index (χ1) is 9.90. The van der Waals surface area contributed by atoms with Gasteiger partial charge in [0.2, 0.25) is 0 Å². The summed E-state index contributed by atoms with van der Waals surface area (Å²) >= 11 is 0. The molecule has 1 saturated carbocycles. The summed E-state index contributed by atoms with van der Waals surface area (Å²) in [6.45, 7) is 3.79. The van der Waals surface area contributed by atoms with Crippen molar-refractivity contribution >= 4 is 0 Å². The van der Waals surface area contributed by atoms with Crippen molar-refractivity contribution in [2.24, 2.45) is 5.92 Å². The van der Waals surface area contributed by atoms with Gasteiger partial charge < -0.3 is 10.1 Å². The van der Waals surface area contributed by atoms with E-state index in [4.69, 9.17) is 4.74 Å². The lowest BCUT2D eigenvalue weighted by atomic mass is 9.83. The Hall–Kier alpha value is -0.120. The van der Waals surface area contributed by atoms with E-state index in [0.29, 0.717) is 12.2 Å². The first kappa shape index (κ1) is 13.5. The molecule has 4 rings (SSSR count). The highest BCUT2D eigenvalue weighted by atomic mass is 16.5. The minimum atomic E-state index is 0.560. The van der Waals surface area contributed by atoms with E-state index in [9.17, 15) is 0 Å². The van der Waals surface area contributed by atoms with Crippen LogP contribution in [-0.2, 0) is 4.74 Å². The SMILES string of the molecule is C1CCC(C2CN(C3CC4CCC3O4)CCCN2)CC1. The maximum Gasteiger partial charge on any atom is 0.0735 e. The fourth-order valence-corrected chi connectivity index (χ4v) is 5.13. The van der Waals surface area contributed by atoms with Crippen LogP contribution in [0.5, 0.6) is 0 Å². The molecular formula is C17H30N2O. The third-order valence-electron chi connectivity index (χ3n) is 6.22. The average Bonchev–Trinajstić information content (AvgIpc) is 3.04. The van der Waals surface area contributed by atoms with Crippen LogP contribution in [0.2, 0.25) is 0 Å². The molecule has 4 aliphatic rings.